The predicted octanol–water partition coefficient (Wildman–Crippen LogP) is 2.73. The van der Waals surface area contributed by atoms with Crippen molar-refractivity contribution in [2.75, 3.05) is 7.05 Å². The van der Waals surface area contributed by atoms with E-state index in [1.165, 1.54) is 18.4 Å². The van der Waals surface area contributed by atoms with Crippen LogP contribution in [0.1, 0.15) is 32.6 Å². The largest absolute Gasteiger partial charge is 0.304 e. The second-order valence-electron chi connectivity index (χ2n) is 5.25. The van der Waals surface area contributed by atoms with E-state index in [2.05, 4.69) is 4.72 Å². The van der Waals surface area contributed by atoms with Gasteiger partial charge in [-0.2, -0.15) is 12.7 Å². The highest BCUT2D eigenvalue weighted by Gasteiger charge is 2.23. The zero-order valence-corrected chi connectivity index (χ0v) is 15.0. The van der Waals surface area contributed by atoms with Crippen molar-refractivity contribution in [2.24, 2.45) is 0 Å². The van der Waals surface area contributed by atoms with E-state index in [1.807, 2.05) is 44.2 Å². The predicted molar refractivity (Wildman–Crippen MR) is 92.7 cm³/mol. The van der Waals surface area contributed by atoms with Crippen molar-refractivity contribution in [1.29, 1.82) is 0 Å². The average Bonchev–Trinajstić information content (AvgIpc) is 2.89. The number of amides is 1. The minimum atomic E-state index is -3.88. The fourth-order valence-corrected chi connectivity index (χ4v) is 4.05. The molecule has 1 aromatic heterocycles. The number of carbonyl (C=O) groups excluding carboxylic acids is 1. The number of aryl methyl sites for hydroxylation is 2. The van der Waals surface area contributed by atoms with Crippen LogP contribution in [0.25, 0.3) is 0 Å². The van der Waals surface area contributed by atoms with Crippen molar-refractivity contribution in [3.8, 4) is 0 Å². The molecule has 0 bridgehead atoms. The van der Waals surface area contributed by atoms with Gasteiger partial charge in [0.15, 0.2) is 0 Å². The van der Waals surface area contributed by atoms with E-state index in [0.29, 0.717) is 4.88 Å². The van der Waals surface area contributed by atoms with Gasteiger partial charge in [0.1, 0.15) is 0 Å². The molecule has 23 heavy (non-hydrogen) atoms. The van der Waals surface area contributed by atoms with Crippen molar-refractivity contribution in [1.82, 2.24) is 9.03 Å². The molecular weight excluding hydrogens is 332 g/mol. The summed E-state index contributed by atoms with van der Waals surface area (Å²) < 4.78 is 27.8. The van der Waals surface area contributed by atoms with Crippen LogP contribution < -0.4 is 4.72 Å². The number of nitrogens with zero attached hydrogens (tertiary/aromatic N) is 1. The SMILES string of the molecule is CCc1sc(C(=O)NS(=O)(=O)N(C)Cc2ccccc2)cc1C. The Balaban J connectivity index is 2.08. The summed E-state index contributed by atoms with van der Waals surface area (Å²) in [5.41, 5.74) is 1.87. The highest BCUT2D eigenvalue weighted by Crippen LogP contribution is 2.22. The average molecular weight is 352 g/mol. The van der Waals surface area contributed by atoms with Gasteiger partial charge in [-0.25, -0.2) is 4.72 Å². The van der Waals surface area contributed by atoms with Crippen molar-refractivity contribution >= 4 is 27.5 Å². The molecule has 124 valence electrons. The fraction of sp³-hybridized carbons (Fsp3) is 0.312. The molecule has 0 saturated heterocycles. The van der Waals surface area contributed by atoms with Crippen LogP contribution in [0.15, 0.2) is 36.4 Å². The van der Waals surface area contributed by atoms with Crippen LogP contribution >= 0.6 is 11.3 Å². The summed E-state index contributed by atoms with van der Waals surface area (Å²) in [6.07, 6.45) is 0.824. The normalized spacial score (nSPS) is 11.7. The van der Waals surface area contributed by atoms with Crippen molar-refractivity contribution < 1.29 is 13.2 Å². The van der Waals surface area contributed by atoms with Crippen LogP contribution in [0.5, 0.6) is 0 Å². The lowest BCUT2D eigenvalue weighted by atomic mass is 10.2. The Morgan fingerprint density at radius 1 is 1.26 bits per heavy atom. The van der Waals surface area contributed by atoms with Gasteiger partial charge in [0, 0.05) is 18.5 Å². The summed E-state index contributed by atoms with van der Waals surface area (Å²) in [6, 6.07) is 11.0. The first-order valence-electron chi connectivity index (χ1n) is 7.25. The van der Waals surface area contributed by atoms with Gasteiger partial charge >= 0.3 is 10.2 Å². The third-order valence-electron chi connectivity index (χ3n) is 3.45. The van der Waals surface area contributed by atoms with Crippen LogP contribution in [-0.4, -0.2) is 25.7 Å². The highest BCUT2D eigenvalue weighted by atomic mass is 32.2. The quantitative estimate of drug-likeness (QED) is 0.869. The Hall–Kier alpha value is -1.70. The summed E-state index contributed by atoms with van der Waals surface area (Å²) in [5, 5.41) is 0. The second kappa shape index (κ2) is 7.25. The van der Waals surface area contributed by atoms with Crippen LogP contribution in [-0.2, 0) is 23.2 Å². The molecule has 1 amide bonds. The number of hydrogen-bond donors (Lipinski definition) is 1. The standard InChI is InChI=1S/C16H20N2O3S2/c1-4-14-12(2)10-15(22-14)16(19)17-23(20,21)18(3)11-13-8-6-5-7-9-13/h5-10H,4,11H2,1-3H3,(H,17,19). The molecule has 0 atom stereocenters. The fourth-order valence-electron chi connectivity index (χ4n) is 2.15. The summed E-state index contributed by atoms with van der Waals surface area (Å²) in [6.45, 7) is 4.13. The first-order valence-corrected chi connectivity index (χ1v) is 9.50. The maximum absolute atomic E-state index is 12.3. The Morgan fingerprint density at radius 2 is 1.91 bits per heavy atom. The molecule has 0 unspecified atom stereocenters. The van der Waals surface area contributed by atoms with E-state index < -0.39 is 16.1 Å². The minimum absolute atomic E-state index is 0.202. The Labute approximate surface area is 141 Å². The van der Waals surface area contributed by atoms with Gasteiger partial charge in [-0.3, -0.25) is 4.79 Å². The maximum Gasteiger partial charge on any atom is 0.304 e. The van der Waals surface area contributed by atoms with Gasteiger partial charge in [0.2, 0.25) is 0 Å². The number of carbonyl (C=O) groups is 1. The third-order valence-corrected chi connectivity index (χ3v) is 6.22. The van der Waals surface area contributed by atoms with Gasteiger partial charge in [-0.05, 0) is 30.5 Å². The molecule has 0 aliphatic carbocycles. The van der Waals surface area contributed by atoms with E-state index in [9.17, 15) is 13.2 Å². The summed E-state index contributed by atoms with van der Waals surface area (Å²) >= 11 is 1.33. The first-order chi connectivity index (χ1) is 10.8. The summed E-state index contributed by atoms with van der Waals surface area (Å²) in [4.78, 5) is 13.7. The molecule has 1 N–H and O–H groups in total. The van der Waals surface area contributed by atoms with E-state index >= 15 is 0 Å². The van der Waals surface area contributed by atoms with Crippen molar-refractivity contribution in [3.63, 3.8) is 0 Å². The van der Waals surface area contributed by atoms with E-state index in [0.717, 1.165) is 26.7 Å². The van der Waals surface area contributed by atoms with Gasteiger partial charge < -0.3 is 0 Å². The topological polar surface area (TPSA) is 66.5 Å². The molecule has 2 aromatic rings. The molecule has 0 fully saturated rings. The molecule has 0 radical (unpaired) electrons. The van der Waals surface area contributed by atoms with Crippen LogP contribution in [0.2, 0.25) is 0 Å². The number of rotatable bonds is 6. The Morgan fingerprint density at radius 3 is 2.48 bits per heavy atom. The van der Waals surface area contributed by atoms with Gasteiger partial charge in [-0.1, -0.05) is 37.3 Å². The van der Waals surface area contributed by atoms with E-state index in [4.69, 9.17) is 0 Å². The molecular formula is C16H20N2O3S2. The maximum atomic E-state index is 12.3. The van der Waals surface area contributed by atoms with E-state index in [1.54, 1.807) is 6.07 Å². The lowest BCUT2D eigenvalue weighted by Crippen LogP contribution is -2.40. The minimum Gasteiger partial charge on any atom is -0.267 e. The lowest BCUT2D eigenvalue weighted by molar-refractivity contribution is 0.0983. The molecule has 0 aliphatic heterocycles. The van der Waals surface area contributed by atoms with Gasteiger partial charge in [0.25, 0.3) is 5.91 Å². The van der Waals surface area contributed by atoms with Crippen LogP contribution in [0.4, 0.5) is 0 Å². The van der Waals surface area contributed by atoms with Crippen molar-refractivity contribution in [2.45, 2.75) is 26.8 Å². The third kappa shape index (κ3) is 4.40. The smallest absolute Gasteiger partial charge is 0.267 e. The molecule has 0 spiro atoms. The molecule has 5 nitrogen and oxygen atoms in total. The monoisotopic (exact) mass is 352 g/mol. The molecule has 1 aromatic carbocycles. The number of benzene rings is 1. The summed E-state index contributed by atoms with van der Waals surface area (Å²) in [5.74, 6) is -0.585. The molecule has 2 rings (SSSR count). The number of hydrogen-bond acceptors (Lipinski definition) is 4. The Kier molecular flexibility index (Phi) is 5.56. The first kappa shape index (κ1) is 17.7. The zero-order valence-electron chi connectivity index (χ0n) is 13.4. The van der Waals surface area contributed by atoms with Gasteiger partial charge in [0.05, 0.1) is 4.88 Å². The lowest BCUT2D eigenvalue weighted by Gasteiger charge is -2.17. The van der Waals surface area contributed by atoms with E-state index in [-0.39, 0.29) is 6.54 Å². The molecule has 1 heterocycles. The number of nitrogens with one attached hydrogen (secondary N) is 1. The van der Waals surface area contributed by atoms with Crippen molar-refractivity contribution in [3.05, 3.63) is 57.3 Å². The molecule has 0 aliphatic rings. The molecule has 0 saturated carbocycles. The summed E-state index contributed by atoms with van der Waals surface area (Å²) in [7, 11) is -2.43. The Bertz CT molecular complexity index is 783. The molecule has 7 heteroatoms. The van der Waals surface area contributed by atoms with Crippen LogP contribution in [0.3, 0.4) is 0 Å². The second-order valence-corrected chi connectivity index (χ2v) is 8.16. The number of thiophene rings is 1. The van der Waals surface area contributed by atoms with Gasteiger partial charge in [-0.15, -0.1) is 11.3 Å². The van der Waals surface area contributed by atoms with Crippen LogP contribution in [0, 0.1) is 6.92 Å². The highest BCUT2D eigenvalue weighted by molar-refractivity contribution is 7.87. The zero-order chi connectivity index (χ0) is 17.0.